The number of thiophene rings is 1. The van der Waals surface area contributed by atoms with Gasteiger partial charge in [-0.25, -0.2) is 4.98 Å². The number of carbonyl (C=O) groups is 1. The van der Waals surface area contributed by atoms with E-state index in [0.29, 0.717) is 21.1 Å². The molecule has 2 heterocycles. The summed E-state index contributed by atoms with van der Waals surface area (Å²) in [5.74, 6) is 0.287. The Hall–Kier alpha value is -1.63. The van der Waals surface area contributed by atoms with E-state index in [-0.39, 0.29) is 23.1 Å². The fraction of sp³-hybridized carbons (Fsp3) is 0.316. The molecule has 0 N–H and O–H groups in total. The minimum Gasteiger partial charge on any atom is -0.293 e. The summed E-state index contributed by atoms with van der Waals surface area (Å²) >= 11 is 8.96. The van der Waals surface area contributed by atoms with Crippen LogP contribution < -0.4 is 5.56 Å². The molecule has 0 atom stereocenters. The lowest BCUT2D eigenvalue weighted by atomic mass is 10.2. The molecular weight excluding hydrogens is 388 g/mol. The molecule has 0 aliphatic heterocycles. The molecular formula is C19H19ClN2O2S2. The Morgan fingerprint density at radius 1 is 1.31 bits per heavy atom. The van der Waals surface area contributed by atoms with Crippen LogP contribution in [0.4, 0.5) is 0 Å². The van der Waals surface area contributed by atoms with Gasteiger partial charge < -0.3 is 0 Å². The van der Waals surface area contributed by atoms with Crippen molar-refractivity contribution in [3.63, 3.8) is 0 Å². The third-order valence-electron chi connectivity index (χ3n) is 4.02. The zero-order valence-electron chi connectivity index (χ0n) is 15.0. The van der Waals surface area contributed by atoms with Crippen LogP contribution in [0.1, 0.15) is 40.0 Å². The molecule has 3 rings (SSSR count). The van der Waals surface area contributed by atoms with Gasteiger partial charge in [0.1, 0.15) is 0 Å². The Labute approximate surface area is 165 Å². The van der Waals surface area contributed by atoms with Gasteiger partial charge in [-0.05, 0) is 52.0 Å². The van der Waals surface area contributed by atoms with E-state index in [1.54, 1.807) is 34.1 Å². The number of hydrogen-bond acceptors (Lipinski definition) is 5. The van der Waals surface area contributed by atoms with Crippen molar-refractivity contribution in [2.24, 2.45) is 0 Å². The maximum atomic E-state index is 12.9. The Bertz CT molecular complexity index is 1050. The van der Waals surface area contributed by atoms with Crippen molar-refractivity contribution in [2.45, 2.75) is 38.9 Å². The highest BCUT2D eigenvalue weighted by molar-refractivity contribution is 7.99. The van der Waals surface area contributed by atoms with E-state index in [4.69, 9.17) is 11.6 Å². The molecule has 1 aromatic carbocycles. The van der Waals surface area contributed by atoms with Crippen LogP contribution in [0.25, 0.3) is 10.9 Å². The minimum absolute atomic E-state index is 0.0487. The molecule has 0 fully saturated rings. The molecule has 0 spiro atoms. The van der Waals surface area contributed by atoms with Crippen LogP contribution in [0, 0.1) is 13.8 Å². The molecule has 7 heteroatoms. The van der Waals surface area contributed by atoms with E-state index >= 15 is 0 Å². The number of nitrogens with zero attached hydrogens (tertiary/aromatic N) is 2. The zero-order chi connectivity index (χ0) is 19.0. The highest BCUT2D eigenvalue weighted by Crippen LogP contribution is 2.26. The van der Waals surface area contributed by atoms with Crippen molar-refractivity contribution in [1.29, 1.82) is 0 Å². The number of aryl methyl sites for hydroxylation is 2. The maximum Gasteiger partial charge on any atom is 0.262 e. The molecule has 3 aromatic rings. The van der Waals surface area contributed by atoms with Gasteiger partial charge >= 0.3 is 0 Å². The number of aromatic nitrogens is 2. The SMILES string of the molecule is Cc1cc(C(=O)CSc2nc3cc(Cl)ccc3c(=O)n2C(C)C)c(C)s1. The fourth-order valence-corrected chi connectivity index (χ4v) is 4.94. The van der Waals surface area contributed by atoms with Gasteiger partial charge in [0.25, 0.3) is 5.56 Å². The highest BCUT2D eigenvalue weighted by atomic mass is 35.5. The number of benzene rings is 1. The topological polar surface area (TPSA) is 52.0 Å². The predicted octanol–water partition coefficient (Wildman–Crippen LogP) is 5.28. The minimum atomic E-state index is -0.112. The largest absolute Gasteiger partial charge is 0.293 e. The number of thioether (sulfide) groups is 1. The lowest BCUT2D eigenvalue weighted by Gasteiger charge is -2.16. The summed E-state index contributed by atoms with van der Waals surface area (Å²) in [4.78, 5) is 32.2. The van der Waals surface area contributed by atoms with Gasteiger partial charge in [0, 0.05) is 26.4 Å². The van der Waals surface area contributed by atoms with Crippen LogP contribution >= 0.6 is 34.7 Å². The molecule has 4 nitrogen and oxygen atoms in total. The van der Waals surface area contributed by atoms with Gasteiger partial charge in [0.05, 0.1) is 16.7 Å². The van der Waals surface area contributed by atoms with E-state index < -0.39 is 0 Å². The first kappa shape index (κ1) is 19.1. The van der Waals surface area contributed by atoms with Gasteiger partial charge in [-0.2, -0.15) is 0 Å². The van der Waals surface area contributed by atoms with Gasteiger partial charge in [-0.1, -0.05) is 23.4 Å². The second-order valence-corrected chi connectivity index (χ2v) is 9.20. The standard InChI is InChI=1S/C19H19ClN2O2S2/c1-10(2)22-18(24)14-6-5-13(20)8-16(14)21-19(22)25-9-17(23)15-7-11(3)26-12(15)4/h5-8,10H,9H2,1-4H3. The van der Waals surface area contributed by atoms with E-state index in [2.05, 4.69) is 4.98 Å². The van der Waals surface area contributed by atoms with Crippen molar-refractivity contribution in [3.05, 3.63) is 55.0 Å². The van der Waals surface area contributed by atoms with Crippen LogP contribution in [0.2, 0.25) is 5.02 Å². The molecule has 26 heavy (non-hydrogen) atoms. The molecule has 0 amide bonds. The average molecular weight is 407 g/mol. The van der Waals surface area contributed by atoms with E-state index in [1.807, 2.05) is 33.8 Å². The number of ketones is 1. The summed E-state index contributed by atoms with van der Waals surface area (Å²) < 4.78 is 1.64. The lowest BCUT2D eigenvalue weighted by molar-refractivity contribution is 0.102. The predicted molar refractivity (Wildman–Crippen MR) is 110 cm³/mol. The van der Waals surface area contributed by atoms with Crippen LogP contribution in [-0.4, -0.2) is 21.1 Å². The first-order valence-electron chi connectivity index (χ1n) is 8.22. The summed E-state index contributed by atoms with van der Waals surface area (Å²) in [6.07, 6.45) is 0. The summed E-state index contributed by atoms with van der Waals surface area (Å²) in [5, 5.41) is 1.60. The fourth-order valence-electron chi connectivity index (χ4n) is 2.82. The Morgan fingerprint density at radius 3 is 2.65 bits per heavy atom. The van der Waals surface area contributed by atoms with Crippen molar-refractivity contribution in [2.75, 3.05) is 5.75 Å². The van der Waals surface area contributed by atoms with E-state index in [9.17, 15) is 9.59 Å². The van der Waals surface area contributed by atoms with Crippen molar-refractivity contribution < 1.29 is 4.79 Å². The third-order valence-corrected chi connectivity index (χ3v) is 6.18. The lowest BCUT2D eigenvalue weighted by Crippen LogP contribution is -2.25. The molecule has 0 unspecified atom stereocenters. The van der Waals surface area contributed by atoms with Gasteiger partial charge in [-0.15, -0.1) is 11.3 Å². The maximum absolute atomic E-state index is 12.9. The first-order chi connectivity index (χ1) is 12.3. The van der Waals surface area contributed by atoms with Crippen molar-refractivity contribution >= 4 is 51.4 Å². The number of fused-ring (bicyclic) bond motifs is 1. The first-order valence-corrected chi connectivity index (χ1v) is 10.4. The smallest absolute Gasteiger partial charge is 0.262 e. The number of halogens is 1. The molecule has 0 saturated heterocycles. The number of carbonyl (C=O) groups excluding carboxylic acids is 1. The Balaban J connectivity index is 1.98. The summed E-state index contributed by atoms with van der Waals surface area (Å²) in [6, 6.07) is 6.93. The van der Waals surface area contributed by atoms with E-state index in [1.165, 1.54) is 11.8 Å². The highest BCUT2D eigenvalue weighted by Gasteiger charge is 2.17. The summed E-state index contributed by atoms with van der Waals surface area (Å²) in [7, 11) is 0. The van der Waals surface area contributed by atoms with Crippen LogP contribution in [0.5, 0.6) is 0 Å². The van der Waals surface area contributed by atoms with Crippen LogP contribution in [0.3, 0.4) is 0 Å². The molecule has 0 aliphatic rings. The summed E-state index contributed by atoms with van der Waals surface area (Å²) in [5.41, 5.74) is 1.19. The van der Waals surface area contributed by atoms with Crippen LogP contribution in [0.15, 0.2) is 34.2 Å². The van der Waals surface area contributed by atoms with Crippen molar-refractivity contribution in [1.82, 2.24) is 9.55 Å². The Morgan fingerprint density at radius 2 is 2.04 bits per heavy atom. The van der Waals surface area contributed by atoms with Gasteiger partial charge in [-0.3, -0.25) is 14.2 Å². The van der Waals surface area contributed by atoms with Gasteiger partial charge in [0.2, 0.25) is 0 Å². The quantitative estimate of drug-likeness (QED) is 0.328. The van der Waals surface area contributed by atoms with Gasteiger partial charge in [0.15, 0.2) is 10.9 Å². The molecule has 2 aromatic heterocycles. The second kappa shape index (κ2) is 7.55. The molecule has 0 radical (unpaired) electrons. The zero-order valence-corrected chi connectivity index (χ0v) is 17.4. The number of hydrogen-bond donors (Lipinski definition) is 0. The molecule has 0 bridgehead atoms. The number of rotatable bonds is 5. The second-order valence-electron chi connectivity index (χ2n) is 6.36. The molecule has 0 saturated carbocycles. The molecule has 136 valence electrons. The van der Waals surface area contributed by atoms with Crippen molar-refractivity contribution in [3.8, 4) is 0 Å². The van der Waals surface area contributed by atoms with Crippen LogP contribution in [-0.2, 0) is 0 Å². The average Bonchev–Trinajstić information content (AvgIpc) is 2.90. The normalized spacial score (nSPS) is 11.5. The number of Topliss-reactive ketones (excluding diaryl/α,β-unsaturated/α-hetero) is 1. The Kier molecular flexibility index (Phi) is 5.55. The van der Waals surface area contributed by atoms with E-state index in [0.717, 1.165) is 15.3 Å². The molecule has 0 aliphatic carbocycles. The third kappa shape index (κ3) is 3.72. The summed E-state index contributed by atoms with van der Waals surface area (Å²) in [6.45, 7) is 7.81. The monoisotopic (exact) mass is 406 g/mol.